The first-order chi connectivity index (χ1) is 15.1. The third-order valence-electron chi connectivity index (χ3n) is 7.41. The summed E-state index contributed by atoms with van der Waals surface area (Å²) in [7, 11) is 0. The van der Waals surface area contributed by atoms with Gasteiger partial charge in [-0.3, -0.25) is 9.59 Å². The van der Waals surface area contributed by atoms with Gasteiger partial charge in [0, 0.05) is 19.5 Å². The minimum atomic E-state index is -0.591. The molecule has 1 saturated carbocycles. The molecule has 0 atom stereocenters. The first kappa shape index (κ1) is 21.6. The van der Waals surface area contributed by atoms with Crippen LogP contribution < -0.4 is 5.73 Å². The monoisotopic (exact) mass is 418 g/mol. The van der Waals surface area contributed by atoms with Gasteiger partial charge in [-0.25, -0.2) is 0 Å². The molecule has 2 aromatic carbocycles. The van der Waals surface area contributed by atoms with Crippen LogP contribution in [0.25, 0.3) is 11.1 Å². The SMILES string of the molecule is NC(=O)C1(Cc2ccccc2-c2ccccc2)CCN(C(=O)CC2CCCCC2)CC1. The van der Waals surface area contributed by atoms with Crippen LogP contribution in [0.2, 0.25) is 0 Å². The van der Waals surface area contributed by atoms with Crippen LogP contribution in [-0.4, -0.2) is 29.8 Å². The smallest absolute Gasteiger partial charge is 0.224 e. The van der Waals surface area contributed by atoms with Crippen LogP contribution in [0.15, 0.2) is 54.6 Å². The molecule has 0 aromatic heterocycles. The van der Waals surface area contributed by atoms with Gasteiger partial charge < -0.3 is 10.6 Å². The number of carbonyl (C=O) groups is 2. The fourth-order valence-electron chi connectivity index (χ4n) is 5.40. The lowest BCUT2D eigenvalue weighted by atomic mass is 9.72. The summed E-state index contributed by atoms with van der Waals surface area (Å²) < 4.78 is 0. The molecule has 164 valence electrons. The Morgan fingerprint density at radius 1 is 0.903 bits per heavy atom. The molecular weight excluding hydrogens is 384 g/mol. The van der Waals surface area contributed by atoms with E-state index < -0.39 is 5.41 Å². The van der Waals surface area contributed by atoms with Crippen LogP contribution in [0, 0.1) is 11.3 Å². The normalized spacial score (nSPS) is 19.2. The third-order valence-corrected chi connectivity index (χ3v) is 7.41. The lowest BCUT2D eigenvalue weighted by Gasteiger charge is -2.40. The number of carbonyl (C=O) groups excluding carboxylic acids is 2. The molecule has 31 heavy (non-hydrogen) atoms. The van der Waals surface area contributed by atoms with E-state index in [4.69, 9.17) is 5.73 Å². The second kappa shape index (κ2) is 9.67. The van der Waals surface area contributed by atoms with E-state index in [2.05, 4.69) is 24.3 Å². The van der Waals surface area contributed by atoms with Gasteiger partial charge in [-0.15, -0.1) is 0 Å². The summed E-state index contributed by atoms with van der Waals surface area (Å²) in [5, 5.41) is 0. The number of hydrogen-bond donors (Lipinski definition) is 1. The zero-order valence-electron chi connectivity index (χ0n) is 18.4. The highest BCUT2D eigenvalue weighted by atomic mass is 16.2. The molecule has 2 amide bonds. The summed E-state index contributed by atoms with van der Waals surface area (Å²) in [6.45, 7) is 1.25. The number of rotatable bonds is 6. The number of primary amides is 1. The number of piperidine rings is 1. The lowest BCUT2D eigenvalue weighted by molar-refractivity contribution is -0.139. The highest BCUT2D eigenvalue weighted by molar-refractivity contribution is 5.83. The topological polar surface area (TPSA) is 63.4 Å². The van der Waals surface area contributed by atoms with Gasteiger partial charge >= 0.3 is 0 Å². The average molecular weight is 419 g/mol. The van der Waals surface area contributed by atoms with Crippen LogP contribution >= 0.6 is 0 Å². The van der Waals surface area contributed by atoms with Crippen molar-refractivity contribution in [1.82, 2.24) is 4.90 Å². The standard InChI is InChI=1S/C27H34N2O2/c28-26(31)27(20-23-13-7-8-14-24(23)22-11-5-2-6-12-22)15-17-29(18-16-27)25(30)19-21-9-3-1-4-10-21/h2,5-8,11-14,21H,1,3-4,9-10,15-20H2,(H2,28,31). The van der Waals surface area contributed by atoms with E-state index in [1.807, 2.05) is 35.2 Å². The number of amides is 2. The van der Waals surface area contributed by atoms with E-state index in [0.29, 0.717) is 44.7 Å². The Kier molecular flexibility index (Phi) is 6.74. The average Bonchev–Trinajstić information content (AvgIpc) is 2.81. The summed E-state index contributed by atoms with van der Waals surface area (Å²) in [6.07, 6.45) is 8.75. The molecule has 1 saturated heterocycles. The first-order valence-corrected chi connectivity index (χ1v) is 11.8. The van der Waals surface area contributed by atoms with Gasteiger partial charge in [0.2, 0.25) is 11.8 Å². The second-order valence-corrected chi connectivity index (χ2v) is 9.43. The van der Waals surface area contributed by atoms with Crippen molar-refractivity contribution < 1.29 is 9.59 Å². The van der Waals surface area contributed by atoms with Crippen molar-refractivity contribution in [2.75, 3.05) is 13.1 Å². The van der Waals surface area contributed by atoms with Crippen LogP contribution in [0.5, 0.6) is 0 Å². The van der Waals surface area contributed by atoms with Gasteiger partial charge in [0.25, 0.3) is 0 Å². The van der Waals surface area contributed by atoms with Crippen molar-refractivity contribution >= 4 is 11.8 Å². The maximum atomic E-state index is 12.9. The Morgan fingerprint density at radius 3 is 2.23 bits per heavy atom. The van der Waals surface area contributed by atoms with Crippen molar-refractivity contribution in [3.05, 3.63) is 60.2 Å². The predicted molar refractivity (Wildman–Crippen MR) is 124 cm³/mol. The summed E-state index contributed by atoms with van der Waals surface area (Å²) in [6, 6.07) is 18.6. The lowest BCUT2D eigenvalue weighted by Crippen LogP contribution is -2.50. The van der Waals surface area contributed by atoms with Gasteiger partial charge in [0.05, 0.1) is 5.41 Å². The van der Waals surface area contributed by atoms with E-state index in [1.54, 1.807) is 0 Å². The van der Waals surface area contributed by atoms with E-state index >= 15 is 0 Å². The molecule has 1 aliphatic heterocycles. The van der Waals surface area contributed by atoms with Gasteiger partial charge in [-0.1, -0.05) is 73.9 Å². The summed E-state index contributed by atoms with van der Waals surface area (Å²) in [5.41, 5.74) is 8.83. The zero-order valence-corrected chi connectivity index (χ0v) is 18.4. The minimum Gasteiger partial charge on any atom is -0.369 e. The quantitative estimate of drug-likeness (QED) is 0.721. The van der Waals surface area contributed by atoms with Crippen LogP contribution in [0.3, 0.4) is 0 Å². The molecule has 4 rings (SSSR count). The number of nitrogens with two attached hydrogens (primary N) is 1. The van der Waals surface area contributed by atoms with E-state index in [0.717, 1.165) is 16.7 Å². The number of hydrogen-bond acceptors (Lipinski definition) is 2. The van der Waals surface area contributed by atoms with E-state index in [1.165, 1.54) is 32.1 Å². The maximum Gasteiger partial charge on any atom is 0.224 e. The van der Waals surface area contributed by atoms with Crippen molar-refractivity contribution in [2.24, 2.45) is 17.1 Å². The van der Waals surface area contributed by atoms with Crippen molar-refractivity contribution in [3.8, 4) is 11.1 Å². The Balaban J connectivity index is 1.46. The molecule has 0 radical (unpaired) electrons. The van der Waals surface area contributed by atoms with Gasteiger partial charge in [0.1, 0.15) is 0 Å². The Labute approximate surface area is 185 Å². The number of benzene rings is 2. The second-order valence-electron chi connectivity index (χ2n) is 9.43. The molecule has 2 N–H and O–H groups in total. The van der Waals surface area contributed by atoms with E-state index in [-0.39, 0.29) is 11.8 Å². The minimum absolute atomic E-state index is 0.241. The fourth-order valence-corrected chi connectivity index (χ4v) is 5.40. The molecule has 0 bridgehead atoms. The van der Waals surface area contributed by atoms with Gasteiger partial charge in [-0.2, -0.15) is 0 Å². The highest BCUT2D eigenvalue weighted by Gasteiger charge is 2.41. The largest absolute Gasteiger partial charge is 0.369 e. The van der Waals surface area contributed by atoms with E-state index in [9.17, 15) is 9.59 Å². The van der Waals surface area contributed by atoms with Crippen LogP contribution in [-0.2, 0) is 16.0 Å². The molecule has 0 spiro atoms. The molecule has 4 nitrogen and oxygen atoms in total. The van der Waals surface area contributed by atoms with Crippen LogP contribution in [0.4, 0.5) is 0 Å². The van der Waals surface area contributed by atoms with Crippen molar-refractivity contribution in [1.29, 1.82) is 0 Å². The zero-order chi connectivity index (χ0) is 21.7. The van der Waals surface area contributed by atoms with Gasteiger partial charge in [0.15, 0.2) is 0 Å². The maximum absolute atomic E-state index is 12.9. The Hall–Kier alpha value is -2.62. The highest BCUT2D eigenvalue weighted by Crippen LogP contribution is 2.38. The number of likely N-dealkylation sites (tertiary alicyclic amines) is 1. The van der Waals surface area contributed by atoms with Crippen LogP contribution in [0.1, 0.15) is 56.9 Å². The summed E-state index contributed by atoms with van der Waals surface area (Å²) >= 11 is 0. The molecule has 2 fully saturated rings. The summed E-state index contributed by atoms with van der Waals surface area (Å²) in [5.74, 6) is 0.561. The molecule has 2 aromatic rings. The first-order valence-electron chi connectivity index (χ1n) is 11.8. The molecule has 0 unspecified atom stereocenters. The third kappa shape index (κ3) is 5.00. The predicted octanol–water partition coefficient (Wildman–Crippen LogP) is 4.96. The molecule has 2 aliphatic rings. The Morgan fingerprint density at radius 2 is 1.55 bits per heavy atom. The molecular formula is C27H34N2O2. The van der Waals surface area contributed by atoms with Crippen molar-refractivity contribution in [3.63, 3.8) is 0 Å². The fraction of sp³-hybridized carbons (Fsp3) is 0.481. The molecule has 4 heteroatoms. The number of nitrogens with zero attached hydrogens (tertiary/aromatic N) is 1. The van der Waals surface area contributed by atoms with Crippen molar-refractivity contribution in [2.45, 2.75) is 57.8 Å². The summed E-state index contributed by atoms with van der Waals surface area (Å²) in [4.78, 5) is 27.5. The molecule has 1 aliphatic carbocycles. The van der Waals surface area contributed by atoms with Gasteiger partial charge in [-0.05, 0) is 54.7 Å². The Bertz CT molecular complexity index is 894. The molecule has 1 heterocycles.